The van der Waals surface area contributed by atoms with Gasteiger partial charge in [-0.3, -0.25) is 0 Å². The molecule has 118 valence electrons. The smallest absolute Gasteiger partial charge is 0.171 e. The number of benzene rings is 1. The predicted octanol–water partition coefficient (Wildman–Crippen LogP) is 5.78. The first-order valence-corrected chi connectivity index (χ1v) is 8.64. The Kier molecular flexibility index (Phi) is 6.23. The van der Waals surface area contributed by atoms with E-state index in [0.717, 1.165) is 10.2 Å². The molecule has 0 aliphatic rings. The summed E-state index contributed by atoms with van der Waals surface area (Å²) in [6, 6.07) is 4.36. The first-order chi connectivity index (χ1) is 9.51. The Morgan fingerprint density at radius 2 is 1.48 bits per heavy atom. The van der Waals surface area contributed by atoms with Gasteiger partial charge in [-0.2, -0.15) is 0 Å². The van der Waals surface area contributed by atoms with E-state index in [9.17, 15) is 0 Å². The van der Waals surface area contributed by atoms with Gasteiger partial charge in [0, 0.05) is 15.7 Å². The second-order valence-corrected chi connectivity index (χ2v) is 8.42. The first-order valence-electron chi connectivity index (χ1n) is 7.43. The summed E-state index contributed by atoms with van der Waals surface area (Å²) in [5.74, 6) is 0.861. The van der Waals surface area contributed by atoms with E-state index < -0.39 is 0 Å². The zero-order valence-corrected chi connectivity index (χ0v) is 16.5. The van der Waals surface area contributed by atoms with Gasteiger partial charge in [0.2, 0.25) is 0 Å². The van der Waals surface area contributed by atoms with E-state index in [4.69, 9.17) is 12.2 Å². The molecule has 0 aliphatic carbocycles. The van der Waals surface area contributed by atoms with Gasteiger partial charge >= 0.3 is 0 Å². The van der Waals surface area contributed by atoms with Crippen molar-refractivity contribution in [2.75, 3.05) is 5.32 Å². The van der Waals surface area contributed by atoms with Crippen molar-refractivity contribution in [1.82, 2.24) is 5.32 Å². The largest absolute Gasteiger partial charge is 0.358 e. The monoisotopic (exact) mass is 370 g/mol. The van der Waals surface area contributed by atoms with Crippen molar-refractivity contribution in [1.29, 1.82) is 0 Å². The van der Waals surface area contributed by atoms with Crippen molar-refractivity contribution in [2.24, 2.45) is 0 Å². The van der Waals surface area contributed by atoms with Crippen molar-refractivity contribution in [2.45, 2.75) is 65.8 Å². The third-order valence-corrected chi connectivity index (χ3v) is 3.80. The third kappa shape index (κ3) is 5.59. The number of thiocarbonyl (C=S) groups is 1. The highest BCUT2D eigenvalue weighted by Crippen LogP contribution is 2.35. The average Bonchev–Trinajstić information content (AvgIpc) is 2.27. The zero-order valence-electron chi connectivity index (χ0n) is 14.1. The van der Waals surface area contributed by atoms with Crippen LogP contribution in [-0.2, 0) is 0 Å². The lowest BCUT2D eigenvalue weighted by molar-refractivity contribution is 0.515. The van der Waals surface area contributed by atoms with Gasteiger partial charge in [-0.15, -0.1) is 0 Å². The number of anilines is 1. The molecule has 2 N–H and O–H groups in total. The summed E-state index contributed by atoms with van der Waals surface area (Å²) in [5, 5.41) is 7.42. The van der Waals surface area contributed by atoms with Crippen LogP contribution in [-0.4, -0.2) is 10.7 Å². The summed E-state index contributed by atoms with van der Waals surface area (Å²) >= 11 is 9.10. The highest BCUT2D eigenvalue weighted by molar-refractivity contribution is 9.10. The molecule has 0 atom stereocenters. The molecule has 1 rings (SSSR count). The van der Waals surface area contributed by atoms with E-state index in [1.165, 1.54) is 11.1 Å². The van der Waals surface area contributed by atoms with E-state index in [0.29, 0.717) is 16.9 Å². The Morgan fingerprint density at radius 3 is 1.81 bits per heavy atom. The summed E-state index contributed by atoms with van der Waals surface area (Å²) in [4.78, 5) is 0. The molecular formula is C17H27BrN2S. The molecule has 1 aromatic rings. The Balaban J connectivity index is 3.22. The van der Waals surface area contributed by atoms with Gasteiger partial charge in [0.25, 0.3) is 0 Å². The molecule has 0 bridgehead atoms. The minimum absolute atomic E-state index is 0.0462. The van der Waals surface area contributed by atoms with Gasteiger partial charge in [0.1, 0.15) is 0 Å². The predicted molar refractivity (Wildman–Crippen MR) is 101 cm³/mol. The van der Waals surface area contributed by atoms with Crippen molar-refractivity contribution in [3.05, 3.63) is 27.7 Å². The quantitative estimate of drug-likeness (QED) is 0.659. The Labute approximate surface area is 143 Å². The van der Waals surface area contributed by atoms with Gasteiger partial charge in [-0.05, 0) is 68.1 Å². The third-order valence-electron chi connectivity index (χ3n) is 3.14. The van der Waals surface area contributed by atoms with Crippen LogP contribution in [0.15, 0.2) is 16.6 Å². The number of hydrogen-bond acceptors (Lipinski definition) is 1. The Hall–Kier alpha value is -0.610. The molecule has 0 fully saturated rings. The molecule has 0 saturated heterocycles. The second kappa shape index (κ2) is 7.10. The highest BCUT2D eigenvalue weighted by Gasteiger charge is 2.18. The van der Waals surface area contributed by atoms with Gasteiger partial charge in [-0.25, -0.2) is 0 Å². The fourth-order valence-corrected chi connectivity index (χ4v) is 3.09. The number of halogens is 1. The summed E-state index contributed by atoms with van der Waals surface area (Å²) in [6.45, 7) is 15.1. The van der Waals surface area contributed by atoms with Crippen LogP contribution >= 0.6 is 28.1 Å². The van der Waals surface area contributed by atoms with E-state index in [2.05, 4.69) is 87.2 Å². The molecule has 21 heavy (non-hydrogen) atoms. The fourth-order valence-electron chi connectivity index (χ4n) is 2.19. The van der Waals surface area contributed by atoms with Crippen LogP contribution in [0.25, 0.3) is 0 Å². The minimum Gasteiger partial charge on any atom is -0.358 e. The second-order valence-electron chi connectivity index (χ2n) is 7.10. The van der Waals surface area contributed by atoms with Crippen LogP contribution < -0.4 is 10.6 Å². The molecule has 1 aromatic carbocycles. The summed E-state index contributed by atoms with van der Waals surface area (Å²) in [7, 11) is 0. The molecule has 2 nitrogen and oxygen atoms in total. The molecule has 0 radical (unpaired) electrons. The molecule has 0 saturated carbocycles. The van der Waals surface area contributed by atoms with Crippen LogP contribution in [0.3, 0.4) is 0 Å². The maximum Gasteiger partial charge on any atom is 0.171 e. The van der Waals surface area contributed by atoms with Crippen molar-refractivity contribution >= 4 is 38.9 Å². The number of hydrogen-bond donors (Lipinski definition) is 2. The summed E-state index contributed by atoms with van der Waals surface area (Å²) in [5.41, 5.74) is 3.66. The Bertz CT molecular complexity index is 487. The van der Waals surface area contributed by atoms with Crippen molar-refractivity contribution in [3.63, 3.8) is 0 Å². The van der Waals surface area contributed by atoms with Crippen LogP contribution in [0.5, 0.6) is 0 Å². The molecular weight excluding hydrogens is 344 g/mol. The lowest BCUT2D eigenvalue weighted by Crippen LogP contribution is -2.43. The number of rotatable bonds is 3. The maximum atomic E-state index is 5.48. The number of nitrogens with one attached hydrogen (secondary N) is 2. The normalized spacial score (nSPS) is 11.9. The van der Waals surface area contributed by atoms with Crippen LogP contribution in [0.2, 0.25) is 0 Å². The van der Waals surface area contributed by atoms with Gasteiger partial charge in [-0.1, -0.05) is 43.6 Å². The average molecular weight is 371 g/mol. The maximum absolute atomic E-state index is 5.48. The molecule has 0 aliphatic heterocycles. The van der Waals surface area contributed by atoms with Crippen LogP contribution in [0.1, 0.15) is 71.4 Å². The SMILES string of the molecule is CC(C)c1cc(Br)cc(C(C)C)c1NC(=S)NC(C)(C)C. The van der Waals surface area contributed by atoms with Gasteiger partial charge < -0.3 is 10.6 Å². The molecule has 0 amide bonds. The molecule has 0 heterocycles. The summed E-state index contributed by atoms with van der Waals surface area (Å²) in [6.07, 6.45) is 0. The molecule has 4 heteroatoms. The van der Waals surface area contributed by atoms with E-state index in [-0.39, 0.29) is 5.54 Å². The Morgan fingerprint density at radius 1 is 1.05 bits per heavy atom. The first kappa shape index (κ1) is 18.4. The highest BCUT2D eigenvalue weighted by atomic mass is 79.9. The van der Waals surface area contributed by atoms with E-state index in [1.807, 2.05) is 0 Å². The lowest BCUT2D eigenvalue weighted by Gasteiger charge is -2.26. The summed E-state index contributed by atoms with van der Waals surface area (Å²) < 4.78 is 1.12. The molecule has 0 aromatic heterocycles. The van der Waals surface area contributed by atoms with Gasteiger partial charge in [0.15, 0.2) is 5.11 Å². The minimum atomic E-state index is -0.0462. The fraction of sp³-hybridized carbons (Fsp3) is 0.588. The molecule has 0 unspecified atom stereocenters. The van der Waals surface area contributed by atoms with Gasteiger partial charge in [0.05, 0.1) is 0 Å². The van der Waals surface area contributed by atoms with Crippen molar-refractivity contribution in [3.8, 4) is 0 Å². The standard InChI is InChI=1S/C17H27BrN2S/c1-10(2)13-8-12(18)9-14(11(3)4)15(13)19-16(21)20-17(5,6)7/h8-11H,1-7H3,(H2,19,20,21). The van der Waals surface area contributed by atoms with Crippen molar-refractivity contribution < 1.29 is 0 Å². The van der Waals surface area contributed by atoms with Crippen LogP contribution in [0.4, 0.5) is 5.69 Å². The van der Waals surface area contributed by atoms with E-state index >= 15 is 0 Å². The van der Waals surface area contributed by atoms with Crippen LogP contribution in [0, 0.1) is 0 Å². The topological polar surface area (TPSA) is 24.1 Å². The molecule has 0 spiro atoms. The van der Waals surface area contributed by atoms with E-state index in [1.54, 1.807) is 0 Å². The zero-order chi connectivity index (χ0) is 16.4. The lowest BCUT2D eigenvalue weighted by atomic mass is 9.92.